The van der Waals surface area contributed by atoms with Gasteiger partial charge < -0.3 is 15.3 Å². The van der Waals surface area contributed by atoms with E-state index in [-0.39, 0.29) is 10.1 Å². The van der Waals surface area contributed by atoms with Crippen LogP contribution < -0.4 is 5.43 Å². The van der Waals surface area contributed by atoms with Crippen LogP contribution in [-0.4, -0.2) is 53.3 Å². The van der Waals surface area contributed by atoms with E-state index >= 15 is 0 Å². The molecular weight excluding hydrogens is 304 g/mol. The molecule has 4 N–H and O–H groups in total. The maximum Gasteiger partial charge on any atom is 0.352 e. The number of nitrogens with zero attached hydrogens (tertiary/aromatic N) is 1. The lowest BCUT2D eigenvalue weighted by atomic mass is 10.7. The van der Waals surface area contributed by atoms with Gasteiger partial charge in [-0.15, -0.1) is 0 Å². The minimum absolute atomic E-state index is 0.243. The number of aliphatic carboxylic acids is 3. The van der Waals surface area contributed by atoms with Crippen LogP contribution in [0.15, 0.2) is 5.10 Å². The van der Waals surface area contributed by atoms with Crippen molar-refractivity contribution in [2.24, 2.45) is 5.10 Å². The van der Waals surface area contributed by atoms with Crippen LogP contribution in [0.1, 0.15) is 0 Å². The van der Waals surface area contributed by atoms with E-state index in [0.717, 1.165) is 23.5 Å². The van der Waals surface area contributed by atoms with E-state index in [1.165, 1.54) is 0 Å². The second-order valence-corrected chi connectivity index (χ2v) is 6.75. The van der Waals surface area contributed by atoms with Crippen molar-refractivity contribution in [3.63, 3.8) is 0 Å². The van der Waals surface area contributed by atoms with Gasteiger partial charge in [0.05, 0.1) is 11.5 Å². The smallest absolute Gasteiger partial charge is 0.352 e. The van der Waals surface area contributed by atoms with Crippen LogP contribution >= 0.6 is 35.3 Å². The molecule has 18 heavy (non-hydrogen) atoms. The van der Waals surface area contributed by atoms with E-state index in [4.69, 9.17) is 15.3 Å². The fourth-order valence-electron chi connectivity index (χ4n) is 0.851. The highest BCUT2D eigenvalue weighted by molar-refractivity contribution is 8.43. The average molecular weight is 312 g/mol. The van der Waals surface area contributed by atoms with Crippen LogP contribution in [0.3, 0.4) is 0 Å². The summed E-state index contributed by atoms with van der Waals surface area (Å²) >= 11 is 2.32. The number of hydrogen-bond donors (Lipinski definition) is 4. The normalized spacial score (nSPS) is 22.1. The van der Waals surface area contributed by atoms with Crippen LogP contribution in [0.5, 0.6) is 0 Å². The second-order valence-electron chi connectivity index (χ2n) is 2.88. The van der Waals surface area contributed by atoms with Crippen molar-refractivity contribution in [3.8, 4) is 0 Å². The number of carboxylic acid groups (broad SMARTS) is 3. The zero-order valence-corrected chi connectivity index (χ0v) is 11.1. The monoisotopic (exact) mass is 312 g/mol. The van der Waals surface area contributed by atoms with Gasteiger partial charge in [0, 0.05) is 0 Å². The molecule has 1 heterocycles. The summed E-state index contributed by atoms with van der Waals surface area (Å²) in [6.07, 6.45) is 0. The minimum atomic E-state index is -1.61. The van der Waals surface area contributed by atoms with E-state index in [1.54, 1.807) is 0 Å². The quantitative estimate of drug-likeness (QED) is 0.529. The molecule has 8 nitrogen and oxygen atoms in total. The van der Waals surface area contributed by atoms with Gasteiger partial charge in [0.2, 0.25) is 0 Å². The minimum Gasteiger partial charge on any atom is -0.481 e. The molecule has 0 aromatic heterocycles. The highest BCUT2D eigenvalue weighted by Gasteiger charge is 2.46. The number of carbonyl (C=O) groups is 3. The predicted molar refractivity (Wildman–Crippen MR) is 68.7 cm³/mol. The molecule has 1 aliphatic rings. The lowest BCUT2D eigenvalue weighted by Gasteiger charge is -2.20. The number of thioether (sulfide) groups is 3. The van der Waals surface area contributed by atoms with Crippen LogP contribution in [0.4, 0.5) is 0 Å². The fourth-order valence-corrected chi connectivity index (χ4v) is 3.88. The Bertz CT molecular complexity index is 414. The SMILES string of the molecule is O=C(O)CSC1=NNC(SCC(=O)O)(C(=O)O)S1. The van der Waals surface area contributed by atoms with Crippen LogP contribution in [0.2, 0.25) is 0 Å². The molecule has 100 valence electrons. The number of hydrogen-bond acceptors (Lipinski definition) is 8. The van der Waals surface area contributed by atoms with Crippen molar-refractivity contribution in [1.82, 2.24) is 5.43 Å². The molecule has 0 saturated carbocycles. The summed E-state index contributed by atoms with van der Waals surface area (Å²) in [4.78, 5) is 31.9. The molecule has 1 unspecified atom stereocenters. The zero-order chi connectivity index (χ0) is 13.8. The number of hydrazone groups is 1. The van der Waals surface area contributed by atoms with Crippen molar-refractivity contribution in [2.75, 3.05) is 11.5 Å². The van der Waals surface area contributed by atoms with E-state index < -0.39 is 27.9 Å². The van der Waals surface area contributed by atoms with E-state index in [2.05, 4.69) is 10.5 Å². The number of carboxylic acids is 3. The van der Waals surface area contributed by atoms with Gasteiger partial charge in [0.1, 0.15) is 0 Å². The summed E-state index contributed by atoms with van der Waals surface area (Å²) in [6.45, 7) is 0. The van der Waals surface area contributed by atoms with Gasteiger partial charge in [-0.05, 0) is 11.8 Å². The lowest BCUT2D eigenvalue weighted by molar-refractivity contribution is -0.138. The lowest BCUT2D eigenvalue weighted by Crippen LogP contribution is -2.41. The van der Waals surface area contributed by atoms with Crippen LogP contribution in [0, 0.1) is 0 Å². The fraction of sp³-hybridized carbons (Fsp3) is 0.429. The van der Waals surface area contributed by atoms with Gasteiger partial charge in [-0.3, -0.25) is 15.0 Å². The third-order valence-corrected chi connectivity index (χ3v) is 5.34. The molecule has 0 saturated heterocycles. The summed E-state index contributed by atoms with van der Waals surface area (Å²) in [7, 11) is 0. The summed E-state index contributed by atoms with van der Waals surface area (Å²) in [5, 5.41) is 29.8. The molecule has 0 aliphatic carbocycles. The number of rotatable bonds is 6. The Labute approximate surface area is 114 Å². The summed E-state index contributed by atoms with van der Waals surface area (Å²) in [5.74, 6) is -4.11. The largest absolute Gasteiger partial charge is 0.481 e. The molecule has 0 radical (unpaired) electrons. The topological polar surface area (TPSA) is 136 Å². The first-order chi connectivity index (χ1) is 8.35. The Hall–Kier alpha value is -1.07. The Balaban J connectivity index is 2.61. The Morgan fingerprint density at radius 2 is 1.83 bits per heavy atom. The first-order valence-electron chi connectivity index (χ1n) is 4.33. The maximum atomic E-state index is 11.1. The molecular formula is C7H8N2O6S3. The molecule has 0 amide bonds. The van der Waals surface area contributed by atoms with E-state index in [9.17, 15) is 14.4 Å². The van der Waals surface area contributed by atoms with Crippen LogP contribution in [-0.2, 0) is 14.4 Å². The zero-order valence-electron chi connectivity index (χ0n) is 8.65. The second kappa shape index (κ2) is 6.20. The maximum absolute atomic E-state index is 11.1. The number of nitrogens with one attached hydrogen (secondary N) is 1. The van der Waals surface area contributed by atoms with Gasteiger partial charge in [-0.2, -0.15) is 5.10 Å². The molecule has 1 rings (SSSR count). The molecule has 0 spiro atoms. The van der Waals surface area contributed by atoms with E-state index in [0.29, 0.717) is 11.8 Å². The molecule has 0 bridgehead atoms. The Kier molecular flexibility index (Phi) is 5.16. The molecule has 1 atom stereocenters. The van der Waals surface area contributed by atoms with E-state index in [1.807, 2.05) is 0 Å². The molecule has 11 heteroatoms. The molecule has 0 aromatic rings. The standard InChI is InChI=1S/C7H8N2O6S3/c10-3(11)1-16-6-8-9-7(18-6,5(14)15)17-2-4(12)13/h9H,1-2H2,(H,10,11)(H,12,13)(H,14,15). The summed E-state index contributed by atoms with van der Waals surface area (Å²) in [6, 6.07) is 0. The highest BCUT2D eigenvalue weighted by Crippen LogP contribution is 2.42. The van der Waals surface area contributed by atoms with Gasteiger partial charge in [0.15, 0.2) is 4.38 Å². The third kappa shape index (κ3) is 3.99. The third-order valence-electron chi connectivity index (χ3n) is 1.52. The predicted octanol–water partition coefficient (Wildman–Crippen LogP) is -0.0322. The average Bonchev–Trinajstić information content (AvgIpc) is 2.68. The molecule has 0 fully saturated rings. The Morgan fingerprint density at radius 1 is 1.22 bits per heavy atom. The van der Waals surface area contributed by atoms with Gasteiger partial charge in [-0.1, -0.05) is 23.5 Å². The van der Waals surface area contributed by atoms with Crippen molar-refractivity contribution in [3.05, 3.63) is 0 Å². The van der Waals surface area contributed by atoms with Crippen molar-refractivity contribution >= 4 is 57.6 Å². The summed E-state index contributed by atoms with van der Waals surface area (Å²) < 4.78 is -1.36. The molecule has 0 aromatic carbocycles. The molecule has 1 aliphatic heterocycles. The van der Waals surface area contributed by atoms with Gasteiger partial charge in [0.25, 0.3) is 4.20 Å². The van der Waals surface area contributed by atoms with Gasteiger partial charge in [-0.25, -0.2) is 4.79 Å². The van der Waals surface area contributed by atoms with Crippen molar-refractivity contribution in [1.29, 1.82) is 0 Å². The van der Waals surface area contributed by atoms with Crippen molar-refractivity contribution in [2.45, 2.75) is 4.20 Å². The Morgan fingerprint density at radius 3 is 2.33 bits per heavy atom. The highest BCUT2D eigenvalue weighted by atomic mass is 32.2. The van der Waals surface area contributed by atoms with Gasteiger partial charge >= 0.3 is 17.9 Å². The first-order valence-corrected chi connectivity index (χ1v) is 7.12. The first kappa shape index (κ1) is 15.0. The summed E-state index contributed by atoms with van der Waals surface area (Å²) in [5.41, 5.74) is 2.34. The van der Waals surface area contributed by atoms with Crippen LogP contribution in [0.25, 0.3) is 0 Å². The van der Waals surface area contributed by atoms with Crippen molar-refractivity contribution < 1.29 is 29.7 Å².